The van der Waals surface area contributed by atoms with E-state index in [0.717, 1.165) is 58.0 Å². The molecule has 0 saturated carbocycles. The highest BCUT2D eigenvalue weighted by molar-refractivity contribution is 7.19. The van der Waals surface area contributed by atoms with Crippen molar-refractivity contribution in [2.75, 3.05) is 6.61 Å². The number of hydrogen-bond donors (Lipinski definition) is 0. The van der Waals surface area contributed by atoms with Crippen molar-refractivity contribution in [3.63, 3.8) is 0 Å². The molecule has 34 heavy (non-hydrogen) atoms. The number of rotatable bonds is 9. The number of non-ortho nitro benzene ring substituents is 1. The molecule has 0 unspecified atom stereocenters. The maximum absolute atomic E-state index is 11.0. The molecule has 1 aromatic heterocycles. The first-order chi connectivity index (χ1) is 16.5. The number of thiazole rings is 1. The van der Waals surface area contributed by atoms with Crippen LogP contribution in [0, 0.1) is 17.0 Å². The van der Waals surface area contributed by atoms with E-state index in [4.69, 9.17) is 9.72 Å². The van der Waals surface area contributed by atoms with Crippen molar-refractivity contribution in [1.29, 1.82) is 0 Å². The fourth-order valence-electron chi connectivity index (χ4n) is 3.32. The van der Waals surface area contributed by atoms with E-state index in [1.165, 1.54) is 23.5 Å². The maximum atomic E-state index is 11.0. The van der Waals surface area contributed by atoms with E-state index in [1.54, 1.807) is 18.3 Å². The average Bonchev–Trinajstić information content (AvgIpc) is 3.28. The minimum Gasteiger partial charge on any atom is -0.494 e. The zero-order valence-electron chi connectivity index (χ0n) is 19.1. The summed E-state index contributed by atoms with van der Waals surface area (Å²) in [6, 6.07) is 22.5. The molecule has 0 N–H and O–H groups in total. The van der Waals surface area contributed by atoms with Crippen LogP contribution in [0.25, 0.3) is 21.7 Å². The lowest BCUT2D eigenvalue weighted by molar-refractivity contribution is -0.384. The number of aryl methyl sites for hydroxylation is 1. The van der Waals surface area contributed by atoms with Crippen LogP contribution in [-0.4, -0.2) is 22.7 Å². The third-order valence-electron chi connectivity index (χ3n) is 5.25. The summed E-state index contributed by atoms with van der Waals surface area (Å²) >= 11 is 1.46. The van der Waals surface area contributed by atoms with Gasteiger partial charge in [-0.3, -0.25) is 10.1 Å². The zero-order valence-corrected chi connectivity index (χ0v) is 19.9. The summed E-state index contributed by atoms with van der Waals surface area (Å²) in [5.41, 5.74) is 4.83. The van der Waals surface area contributed by atoms with Gasteiger partial charge in [-0.2, -0.15) is 0 Å². The van der Waals surface area contributed by atoms with E-state index >= 15 is 0 Å². The van der Waals surface area contributed by atoms with Gasteiger partial charge in [0.15, 0.2) is 0 Å². The van der Waals surface area contributed by atoms with E-state index in [1.807, 2.05) is 55.5 Å². The summed E-state index contributed by atoms with van der Waals surface area (Å²) in [6.07, 6.45) is 3.92. The van der Waals surface area contributed by atoms with Gasteiger partial charge in [0.2, 0.25) is 5.13 Å². The van der Waals surface area contributed by atoms with Gasteiger partial charge in [0.25, 0.3) is 5.69 Å². The van der Waals surface area contributed by atoms with Crippen molar-refractivity contribution in [3.05, 3.63) is 94.0 Å². The van der Waals surface area contributed by atoms with E-state index in [2.05, 4.69) is 11.9 Å². The molecule has 0 aliphatic heterocycles. The van der Waals surface area contributed by atoms with Crippen LogP contribution in [0.4, 0.5) is 10.8 Å². The van der Waals surface area contributed by atoms with E-state index in [0.29, 0.717) is 5.13 Å². The van der Waals surface area contributed by atoms with Gasteiger partial charge < -0.3 is 4.74 Å². The molecule has 0 spiro atoms. The number of ether oxygens (including phenoxy) is 1. The Balaban J connectivity index is 1.62. The Morgan fingerprint density at radius 3 is 2.32 bits per heavy atom. The predicted octanol–water partition coefficient (Wildman–Crippen LogP) is 7.62. The van der Waals surface area contributed by atoms with Crippen molar-refractivity contribution in [2.24, 2.45) is 4.99 Å². The van der Waals surface area contributed by atoms with Crippen LogP contribution in [-0.2, 0) is 0 Å². The average molecular weight is 472 g/mol. The van der Waals surface area contributed by atoms with Crippen LogP contribution in [0.15, 0.2) is 77.8 Å². The molecule has 0 bridgehead atoms. The fraction of sp³-hybridized carbons (Fsp3) is 0.185. The molecule has 0 aliphatic carbocycles. The molecular formula is C27H25N3O3S. The van der Waals surface area contributed by atoms with Gasteiger partial charge in [0.1, 0.15) is 5.75 Å². The standard InChI is InChI=1S/C27H25N3O3S/c1-3-4-17-33-24-15-7-20(8-16-24)18-28-27-29-25(21-9-5-19(2)6-10-21)26(34-27)22-11-13-23(14-12-22)30(31)32/h5-16,18H,3-4,17H2,1-2H3. The minimum absolute atomic E-state index is 0.0607. The van der Waals surface area contributed by atoms with E-state index in [9.17, 15) is 10.1 Å². The van der Waals surface area contributed by atoms with Crippen LogP contribution in [0.1, 0.15) is 30.9 Å². The van der Waals surface area contributed by atoms with Crippen molar-refractivity contribution in [2.45, 2.75) is 26.7 Å². The maximum Gasteiger partial charge on any atom is 0.269 e. The van der Waals surface area contributed by atoms with Crippen LogP contribution < -0.4 is 4.74 Å². The first-order valence-corrected chi connectivity index (χ1v) is 11.9. The second-order valence-corrected chi connectivity index (χ2v) is 8.85. The monoisotopic (exact) mass is 471 g/mol. The van der Waals surface area contributed by atoms with Crippen LogP contribution >= 0.6 is 11.3 Å². The normalized spacial score (nSPS) is 11.1. The summed E-state index contributed by atoms with van der Waals surface area (Å²) in [5, 5.41) is 11.7. The highest BCUT2D eigenvalue weighted by atomic mass is 32.1. The molecule has 4 rings (SSSR count). The molecule has 0 aliphatic rings. The number of unbranched alkanes of at least 4 members (excludes halogenated alkanes) is 1. The molecule has 3 aromatic carbocycles. The zero-order chi connectivity index (χ0) is 23.9. The summed E-state index contributed by atoms with van der Waals surface area (Å²) in [6.45, 7) is 4.90. The fourth-order valence-corrected chi connectivity index (χ4v) is 4.25. The number of benzene rings is 3. The molecule has 7 heteroatoms. The number of hydrogen-bond acceptors (Lipinski definition) is 6. The lowest BCUT2D eigenvalue weighted by Gasteiger charge is -2.04. The second-order valence-electron chi connectivity index (χ2n) is 7.87. The molecule has 1 heterocycles. The molecule has 6 nitrogen and oxygen atoms in total. The highest BCUT2D eigenvalue weighted by Gasteiger charge is 2.16. The Hall–Kier alpha value is -3.84. The molecule has 172 valence electrons. The first kappa shape index (κ1) is 23.3. The van der Waals surface area contributed by atoms with Crippen molar-refractivity contribution < 1.29 is 9.66 Å². The number of aliphatic imine (C=N–C) groups is 1. The predicted molar refractivity (Wildman–Crippen MR) is 138 cm³/mol. The molecule has 0 radical (unpaired) electrons. The molecule has 0 atom stereocenters. The van der Waals surface area contributed by atoms with E-state index < -0.39 is 4.92 Å². The van der Waals surface area contributed by atoms with Crippen molar-refractivity contribution in [3.8, 4) is 27.4 Å². The molecular weight excluding hydrogens is 446 g/mol. The Morgan fingerprint density at radius 2 is 1.68 bits per heavy atom. The van der Waals surface area contributed by atoms with Gasteiger partial charge in [-0.05, 0) is 60.9 Å². The largest absolute Gasteiger partial charge is 0.494 e. The second kappa shape index (κ2) is 10.9. The van der Waals surface area contributed by atoms with Gasteiger partial charge >= 0.3 is 0 Å². The van der Waals surface area contributed by atoms with Gasteiger partial charge in [-0.1, -0.05) is 54.5 Å². The quantitative estimate of drug-likeness (QED) is 0.109. The highest BCUT2D eigenvalue weighted by Crippen LogP contribution is 2.40. The van der Waals surface area contributed by atoms with Crippen LogP contribution in [0.2, 0.25) is 0 Å². The topological polar surface area (TPSA) is 77.6 Å². The Bertz CT molecular complexity index is 1280. The van der Waals surface area contributed by atoms with Crippen LogP contribution in [0.5, 0.6) is 5.75 Å². The van der Waals surface area contributed by atoms with Crippen LogP contribution in [0.3, 0.4) is 0 Å². The van der Waals surface area contributed by atoms with E-state index in [-0.39, 0.29) is 5.69 Å². The van der Waals surface area contributed by atoms with Crippen molar-refractivity contribution >= 4 is 28.4 Å². The molecule has 4 aromatic rings. The van der Waals surface area contributed by atoms with Gasteiger partial charge in [-0.15, -0.1) is 0 Å². The summed E-state index contributed by atoms with van der Waals surface area (Å²) in [5.74, 6) is 0.849. The minimum atomic E-state index is -0.396. The number of nitro groups is 1. The smallest absolute Gasteiger partial charge is 0.269 e. The third kappa shape index (κ3) is 5.74. The lowest BCUT2D eigenvalue weighted by Crippen LogP contribution is -1.96. The number of aromatic nitrogens is 1. The Kier molecular flexibility index (Phi) is 7.44. The van der Waals surface area contributed by atoms with Gasteiger partial charge in [-0.25, -0.2) is 9.98 Å². The summed E-state index contributed by atoms with van der Waals surface area (Å²) in [4.78, 5) is 21.0. The molecule has 0 fully saturated rings. The number of nitrogens with zero attached hydrogens (tertiary/aromatic N) is 3. The SMILES string of the molecule is CCCCOc1ccc(C=Nc2nc(-c3ccc(C)cc3)c(-c3ccc([N+](=O)[O-])cc3)s2)cc1. The summed E-state index contributed by atoms with van der Waals surface area (Å²) < 4.78 is 5.72. The Morgan fingerprint density at radius 1 is 1.00 bits per heavy atom. The van der Waals surface area contributed by atoms with Gasteiger partial charge in [0.05, 0.1) is 22.1 Å². The van der Waals surface area contributed by atoms with Gasteiger partial charge in [0, 0.05) is 23.9 Å². The lowest BCUT2D eigenvalue weighted by atomic mass is 10.1. The molecule has 0 saturated heterocycles. The van der Waals surface area contributed by atoms with Crippen molar-refractivity contribution in [1.82, 2.24) is 4.98 Å². The summed E-state index contributed by atoms with van der Waals surface area (Å²) in [7, 11) is 0. The Labute approximate surface area is 202 Å². The third-order valence-corrected chi connectivity index (χ3v) is 6.26. The molecule has 0 amide bonds. The number of nitro benzene ring substituents is 1. The first-order valence-electron chi connectivity index (χ1n) is 11.1.